The Hall–Kier alpha value is -3.23. The molecule has 0 saturated heterocycles. The highest BCUT2D eigenvalue weighted by Gasteiger charge is 2.30. The summed E-state index contributed by atoms with van der Waals surface area (Å²) in [6.45, 7) is -1.43. The largest absolute Gasteiger partial charge is 0.406 e. The monoisotopic (exact) mass is 362 g/mol. The third-order valence-corrected chi connectivity index (χ3v) is 4.03. The zero-order valence-electron chi connectivity index (χ0n) is 13.0. The van der Waals surface area contributed by atoms with Crippen molar-refractivity contribution in [2.75, 3.05) is 0 Å². The Labute approximate surface area is 142 Å². The molecule has 0 amide bonds. The molecule has 1 aromatic carbocycles. The Bertz CT molecular complexity index is 1180. The van der Waals surface area contributed by atoms with Gasteiger partial charge in [0.15, 0.2) is 0 Å². The fraction of sp³-hybridized carbons (Fsp3) is 0.118. The van der Waals surface area contributed by atoms with Crippen molar-refractivity contribution in [2.24, 2.45) is 0 Å². The van der Waals surface area contributed by atoms with Crippen LogP contribution in [-0.2, 0) is 6.54 Å². The van der Waals surface area contributed by atoms with Gasteiger partial charge in [0, 0.05) is 10.9 Å². The van der Waals surface area contributed by atoms with Gasteiger partial charge in [0.25, 0.3) is 5.56 Å². The molecule has 0 aliphatic heterocycles. The third kappa shape index (κ3) is 2.71. The zero-order valence-corrected chi connectivity index (χ0v) is 13.0. The number of aromatic amines is 1. The van der Waals surface area contributed by atoms with E-state index in [0.29, 0.717) is 26.7 Å². The predicted octanol–water partition coefficient (Wildman–Crippen LogP) is 3.64. The number of rotatable bonds is 2. The van der Waals surface area contributed by atoms with E-state index in [-0.39, 0.29) is 10.9 Å². The molecule has 0 radical (unpaired) electrons. The molecule has 0 fully saturated rings. The van der Waals surface area contributed by atoms with Crippen LogP contribution < -0.4 is 5.56 Å². The normalized spacial score (nSPS) is 12.2. The minimum absolute atomic E-state index is 0.0782. The van der Waals surface area contributed by atoms with Crippen molar-refractivity contribution in [3.63, 3.8) is 0 Å². The van der Waals surface area contributed by atoms with E-state index in [0.717, 1.165) is 6.20 Å². The summed E-state index contributed by atoms with van der Waals surface area (Å²) in [4.78, 5) is 16.4. The average molecular weight is 362 g/mol. The molecule has 3 aromatic heterocycles. The first kappa shape index (κ1) is 16.2. The first-order chi connectivity index (χ1) is 12.3. The highest BCUT2D eigenvalue weighted by Crippen LogP contribution is 2.28. The van der Waals surface area contributed by atoms with Crippen LogP contribution >= 0.6 is 0 Å². The number of benzene rings is 1. The molecule has 0 bridgehead atoms. The molecule has 0 aliphatic carbocycles. The van der Waals surface area contributed by atoms with Crippen LogP contribution in [0.3, 0.4) is 0 Å². The standard InChI is InChI=1S/C17H10F4N4O/c18-10-2-4-13(22-6-10)9-1-3-11-14(5-9)25(8-17(19,20)21)16(26)12-7-23-24-15(11)12/h1-7H,8H2,(H,23,24). The Morgan fingerprint density at radius 3 is 2.58 bits per heavy atom. The van der Waals surface area contributed by atoms with E-state index in [2.05, 4.69) is 15.2 Å². The molecule has 0 atom stereocenters. The molecule has 4 rings (SSSR count). The molecular formula is C17H10F4N4O. The van der Waals surface area contributed by atoms with Crippen LogP contribution in [0.2, 0.25) is 0 Å². The fourth-order valence-corrected chi connectivity index (χ4v) is 2.92. The molecule has 3 heterocycles. The molecule has 0 spiro atoms. The summed E-state index contributed by atoms with van der Waals surface area (Å²) < 4.78 is 52.7. The summed E-state index contributed by atoms with van der Waals surface area (Å²) in [7, 11) is 0. The zero-order chi connectivity index (χ0) is 18.5. The van der Waals surface area contributed by atoms with Crippen LogP contribution in [0.1, 0.15) is 0 Å². The van der Waals surface area contributed by atoms with Crippen molar-refractivity contribution in [3.05, 3.63) is 58.9 Å². The van der Waals surface area contributed by atoms with Crippen molar-refractivity contribution in [2.45, 2.75) is 12.7 Å². The van der Waals surface area contributed by atoms with Crippen LogP contribution in [0.25, 0.3) is 33.1 Å². The van der Waals surface area contributed by atoms with Gasteiger partial charge in [-0.3, -0.25) is 19.4 Å². The average Bonchev–Trinajstić information content (AvgIpc) is 3.08. The second-order valence-corrected chi connectivity index (χ2v) is 5.76. The fourth-order valence-electron chi connectivity index (χ4n) is 2.92. The number of fused-ring (bicyclic) bond motifs is 3. The van der Waals surface area contributed by atoms with E-state index in [1.165, 1.54) is 24.4 Å². The molecule has 9 heteroatoms. The minimum Gasteiger partial charge on any atom is -0.298 e. The van der Waals surface area contributed by atoms with Crippen LogP contribution in [0.5, 0.6) is 0 Å². The Kier molecular flexibility index (Phi) is 3.53. The summed E-state index contributed by atoms with van der Waals surface area (Å²) in [5.41, 5.74) is 0.508. The lowest BCUT2D eigenvalue weighted by molar-refractivity contribution is -0.140. The predicted molar refractivity (Wildman–Crippen MR) is 87.1 cm³/mol. The van der Waals surface area contributed by atoms with Crippen LogP contribution in [0.4, 0.5) is 17.6 Å². The summed E-state index contributed by atoms with van der Waals surface area (Å²) >= 11 is 0. The summed E-state index contributed by atoms with van der Waals surface area (Å²) in [6, 6.07) is 7.28. The molecule has 4 aromatic rings. The Morgan fingerprint density at radius 1 is 1.08 bits per heavy atom. The van der Waals surface area contributed by atoms with E-state index in [4.69, 9.17) is 0 Å². The van der Waals surface area contributed by atoms with Gasteiger partial charge in [-0.05, 0) is 18.2 Å². The number of nitrogens with one attached hydrogen (secondary N) is 1. The van der Waals surface area contributed by atoms with E-state index in [9.17, 15) is 22.4 Å². The lowest BCUT2D eigenvalue weighted by atomic mass is 10.1. The number of nitrogens with zero attached hydrogens (tertiary/aromatic N) is 3. The smallest absolute Gasteiger partial charge is 0.298 e. The van der Waals surface area contributed by atoms with Gasteiger partial charge < -0.3 is 0 Å². The topological polar surface area (TPSA) is 63.6 Å². The van der Waals surface area contributed by atoms with Gasteiger partial charge in [-0.2, -0.15) is 18.3 Å². The summed E-state index contributed by atoms with van der Waals surface area (Å²) in [5, 5.41) is 6.92. The van der Waals surface area contributed by atoms with Gasteiger partial charge in [0.05, 0.1) is 34.5 Å². The van der Waals surface area contributed by atoms with Gasteiger partial charge in [0.1, 0.15) is 12.4 Å². The molecule has 5 nitrogen and oxygen atoms in total. The molecule has 26 heavy (non-hydrogen) atoms. The van der Waals surface area contributed by atoms with Crippen molar-refractivity contribution in [3.8, 4) is 11.3 Å². The van der Waals surface area contributed by atoms with E-state index in [1.807, 2.05) is 0 Å². The maximum atomic E-state index is 13.1. The number of alkyl halides is 3. The molecule has 132 valence electrons. The third-order valence-electron chi connectivity index (χ3n) is 4.03. The van der Waals surface area contributed by atoms with E-state index < -0.39 is 24.1 Å². The Balaban J connectivity index is 2.04. The molecular weight excluding hydrogens is 352 g/mol. The van der Waals surface area contributed by atoms with Gasteiger partial charge in [-0.1, -0.05) is 12.1 Å². The number of hydrogen-bond donors (Lipinski definition) is 1. The van der Waals surface area contributed by atoms with Crippen molar-refractivity contribution >= 4 is 21.8 Å². The summed E-state index contributed by atoms with van der Waals surface area (Å²) in [5.74, 6) is -0.525. The van der Waals surface area contributed by atoms with Gasteiger partial charge >= 0.3 is 6.18 Å². The lowest BCUT2D eigenvalue weighted by Crippen LogP contribution is -2.28. The second kappa shape index (κ2) is 5.65. The molecule has 0 unspecified atom stereocenters. The van der Waals surface area contributed by atoms with Crippen molar-refractivity contribution in [1.82, 2.24) is 19.7 Å². The number of pyridine rings is 2. The molecule has 0 aliphatic rings. The highest BCUT2D eigenvalue weighted by molar-refractivity contribution is 6.04. The Morgan fingerprint density at radius 2 is 1.88 bits per heavy atom. The van der Waals surface area contributed by atoms with Crippen molar-refractivity contribution < 1.29 is 17.6 Å². The highest BCUT2D eigenvalue weighted by atomic mass is 19.4. The molecule has 0 saturated carbocycles. The van der Waals surface area contributed by atoms with Crippen LogP contribution in [0.15, 0.2) is 47.5 Å². The van der Waals surface area contributed by atoms with Crippen LogP contribution in [-0.4, -0.2) is 25.9 Å². The minimum atomic E-state index is -4.57. The molecule has 1 N–H and O–H groups in total. The number of halogens is 4. The van der Waals surface area contributed by atoms with Crippen molar-refractivity contribution in [1.29, 1.82) is 0 Å². The van der Waals surface area contributed by atoms with E-state index >= 15 is 0 Å². The van der Waals surface area contributed by atoms with Gasteiger partial charge in [-0.25, -0.2) is 4.39 Å². The van der Waals surface area contributed by atoms with E-state index in [1.54, 1.807) is 12.1 Å². The quantitative estimate of drug-likeness (QED) is 0.554. The first-order valence-electron chi connectivity index (χ1n) is 7.52. The maximum absolute atomic E-state index is 13.1. The SMILES string of the molecule is O=c1c2cn[nH]c2c2ccc(-c3ccc(F)cn3)cc2n1CC(F)(F)F. The number of hydrogen-bond acceptors (Lipinski definition) is 3. The summed E-state index contributed by atoms with van der Waals surface area (Å²) in [6.07, 6.45) is -2.35. The first-order valence-corrected chi connectivity index (χ1v) is 7.52. The maximum Gasteiger partial charge on any atom is 0.406 e. The van der Waals surface area contributed by atoms with Gasteiger partial charge in [0.2, 0.25) is 0 Å². The lowest BCUT2D eigenvalue weighted by Gasteiger charge is -2.14. The number of H-pyrrole nitrogens is 1. The van der Waals surface area contributed by atoms with Crippen LogP contribution in [0, 0.1) is 5.82 Å². The number of aromatic nitrogens is 4. The van der Waals surface area contributed by atoms with Gasteiger partial charge in [-0.15, -0.1) is 0 Å². The second-order valence-electron chi connectivity index (χ2n) is 5.76.